The van der Waals surface area contributed by atoms with Crippen molar-refractivity contribution in [1.82, 2.24) is 0 Å². The fourth-order valence-corrected chi connectivity index (χ4v) is 3.37. The summed E-state index contributed by atoms with van der Waals surface area (Å²) in [5.41, 5.74) is 8.00. The lowest BCUT2D eigenvalue weighted by molar-refractivity contribution is 0.260. The van der Waals surface area contributed by atoms with Crippen LogP contribution in [0.1, 0.15) is 23.7 Å². The van der Waals surface area contributed by atoms with E-state index in [4.69, 9.17) is 10.2 Å². The van der Waals surface area contributed by atoms with Crippen LogP contribution in [-0.2, 0) is 4.43 Å². The van der Waals surface area contributed by atoms with Crippen LogP contribution < -0.4 is 5.73 Å². The Morgan fingerprint density at radius 1 is 0.895 bits per heavy atom. The van der Waals surface area contributed by atoms with Crippen LogP contribution >= 0.6 is 0 Å². The maximum atomic E-state index is 6.20. The monoisotopic (exact) mass is 271 g/mol. The summed E-state index contributed by atoms with van der Waals surface area (Å²) in [5, 5.41) is 0. The van der Waals surface area contributed by atoms with Crippen LogP contribution in [0.5, 0.6) is 0 Å². The molecule has 0 saturated carbocycles. The van der Waals surface area contributed by atoms with Gasteiger partial charge in [-0.3, -0.25) is 0 Å². The number of rotatable bonds is 7. The smallest absolute Gasteiger partial charge is 0.162 e. The van der Waals surface area contributed by atoms with E-state index in [1.54, 1.807) is 0 Å². The molecule has 2 aromatic carbocycles. The van der Waals surface area contributed by atoms with Crippen LogP contribution in [-0.4, -0.2) is 16.3 Å². The van der Waals surface area contributed by atoms with Crippen LogP contribution in [0.2, 0.25) is 6.04 Å². The van der Waals surface area contributed by atoms with Gasteiger partial charge in [0.05, 0.1) is 6.10 Å². The first-order valence-corrected chi connectivity index (χ1v) is 8.41. The number of nitrogens with two attached hydrogens (primary N) is 1. The van der Waals surface area contributed by atoms with Crippen LogP contribution in [0.3, 0.4) is 0 Å². The molecule has 2 N–H and O–H groups in total. The molecule has 0 radical (unpaired) electrons. The average Bonchev–Trinajstić information content (AvgIpc) is 2.49. The normalized spacial score (nSPS) is 11.5. The van der Waals surface area contributed by atoms with Crippen molar-refractivity contribution in [2.45, 2.75) is 18.6 Å². The Morgan fingerprint density at radius 2 is 1.42 bits per heavy atom. The molecule has 0 aromatic heterocycles. The Hall–Kier alpha value is -1.42. The van der Waals surface area contributed by atoms with Crippen molar-refractivity contribution < 1.29 is 4.43 Å². The zero-order chi connectivity index (χ0) is 13.3. The summed E-state index contributed by atoms with van der Waals surface area (Å²) in [6.45, 7) is 0.762. The summed E-state index contributed by atoms with van der Waals surface area (Å²) < 4.78 is 6.20. The first-order chi connectivity index (χ1) is 9.42. The molecule has 0 spiro atoms. The van der Waals surface area contributed by atoms with Crippen molar-refractivity contribution in [1.29, 1.82) is 0 Å². The molecule has 0 bridgehead atoms. The van der Waals surface area contributed by atoms with Crippen LogP contribution in [0.25, 0.3) is 0 Å². The summed E-state index contributed by atoms with van der Waals surface area (Å²) in [6, 6.07) is 22.0. The van der Waals surface area contributed by atoms with E-state index in [9.17, 15) is 0 Å². The van der Waals surface area contributed by atoms with Crippen molar-refractivity contribution in [2.24, 2.45) is 5.73 Å². The molecule has 2 nitrogen and oxygen atoms in total. The van der Waals surface area contributed by atoms with Gasteiger partial charge in [0.1, 0.15) is 0 Å². The van der Waals surface area contributed by atoms with Gasteiger partial charge in [-0.2, -0.15) is 0 Å². The lowest BCUT2D eigenvalue weighted by atomic mass is 10.0. The summed E-state index contributed by atoms with van der Waals surface area (Å²) in [6.07, 6.45) is 1.15. The van der Waals surface area contributed by atoms with Gasteiger partial charge < -0.3 is 10.2 Å². The quantitative estimate of drug-likeness (QED) is 0.620. The van der Waals surface area contributed by atoms with Gasteiger partial charge in [-0.25, -0.2) is 0 Å². The molecule has 0 unspecified atom stereocenters. The SMILES string of the molecule is NCCC[SiH2]OC(c1ccccc1)c1ccccc1. The standard InChI is InChI=1S/C16H21NOSi/c17-12-7-13-19-18-16(14-8-3-1-4-9-14)15-10-5-2-6-11-15/h1-6,8-11,16H,7,12-13,17,19H2. The molecule has 0 saturated heterocycles. The first kappa shape index (κ1) is 14.0. The Kier molecular flexibility index (Phi) is 5.81. The molecule has 0 amide bonds. The molecule has 0 atom stereocenters. The highest BCUT2D eigenvalue weighted by atomic mass is 28.2. The van der Waals surface area contributed by atoms with Crippen LogP contribution in [0.4, 0.5) is 0 Å². The highest BCUT2D eigenvalue weighted by Crippen LogP contribution is 2.25. The zero-order valence-electron chi connectivity index (χ0n) is 11.2. The summed E-state index contributed by atoms with van der Waals surface area (Å²) in [7, 11) is -0.515. The molecule has 3 heteroatoms. The van der Waals surface area contributed by atoms with Gasteiger partial charge in [-0.05, 0) is 30.1 Å². The van der Waals surface area contributed by atoms with Crippen molar-refractivity contribution in [3.05, 3.63) is 71.8 Å². The third kappa shape index (κ3) is 4.31. The minimum atomic E-state index is -0.515. The molecule has 0 aliphatic rings. The first-order valence-electron chi connectivity index (χ1n) is 6.83. The van der Waals surface area contributed by atoms with Crippen LogP contribution in [0.15, 0.2) is 60.7 Å². The third-order valence-corrected chi connectivity index (χ3v) is 4.45. The van der Waals surface area contributed by atoms with Crippen molar-refractivity contribution in [3.63, 3.8) is 0 Å². The van der Waals surface area contributed by atoms with Crippen molar-refractivity contribution >= 4 is 9.76 Å². The lowest BCUT2D eigenvalue weighted by Gasteiger charge is -2.19. The van der Waals surface area contributed by atoms with E-state index in [0.29, 0.717) is 0 Å². The lowest BCUT2D eigenvalue weighted by Crippen LogP contribution is -2.10. The molecular weight excluding hydrogens is 250 g/mol. The Labute approximate surface area is 117 Å². The number of benzene rings is 2. The van der Waals surface area contributed by atoms with E-state index in [1.165, 1.54) is 11.1 Å². The van der Waals surface area contributed by atoms with Gasteiger partial charge in [0.15, 0.2) is 9.76 Å². The van der Waals surface area contributed by atoms with Crippen LogP contribution in [0, 0.1) is 0 Å². The van der Waals surface area contributed by atoms with E-state index in [2.05, 4.69) is 48.5 Å². The highest BCUT2D eigenvalue weighted by Gasteiger charge is 2.13. The molecule has 19 heavy (non-hydrogen) atoms. The van der Waals surface area contributed by atoms with Gasteiger partial charge in [0, 0.05) is 0 Å². The second-order valence-corrected chi connectivity index (χ2v) is 6.02. The van der Waals surface area contributed by atoms with E-state index < -0.39 is 9.76 Å². The van der Waals surface area contributed by atoms with E-state index >= 15 is 0 Å². The Balaban J connectivity index is 2.10. The second kappa shape index (κ2) is 7.89. The van der Waals surface area contributed by atoms with Gasteiger partial charge in [-0.1, -0.05) is 60.7 Å². The molecule has 100 valence electrons. The highest BCUT2D eigenvalue weighted by molar-refractivity contribution is 6.27. The van der Waals surface area contributed by atoms with Gasteiger partial charge in [-0.15, -0.1) is 0 Å². The molecule has 0 heterocycles. The summed E-state index contributed by atoms with van der Waals surface area (Å²) >= 11 is 0. The average molecular weight is 271 g/mol. The molecule has 0 aliphatic heterocycles. The van der Waals surface area contributed by atoms with E-state index in [0.717, 1.165) is 19.0 Å². The Bertz CT molecular complexity index is 421. The maximum Gasteiger partial charge on any atom is 0.162 e. The van der Waals surface area contributed by atoms with Crippen molar-refractivity contribution in [3.8, 4) is 0 Å². The third-order valence-electron chi connectivity index (χ3n) is 3.09. The van der Waals surface area contributed by atoms with Crippen molar-refractivity contribution in [2.75, 3.05) is 6.54 Å². The Morgan fingerprint density at radius 3 is 1.89 bits per heavy atom. The second-order valence-electron chi connectivity index (χ2n) is 4.57. The van der Waals surface area contributed by atoms with E-state index in [-0.39, 0.29) is 6.10 Å². The fourth-order valence-electron chi connectivity index (χ4n) is 2.09. The summed E-state index contributed by atoms with van der Waals surface area (Å²) in [4.78, 5) is 0. The molecular formula is C16H21NOSi. The van der Waals surface area contributed by atoms with E-state index in [1.807, 2.05) is 12.1 Å². The van der Waals surface area contributed by atoms with Gasteiger partial charge in [0.25, 0.3) is 0 Å². The minimum Gasteiger partial charge on any atom is -0.413 e. The van der Waals surface area contributed by atoms with Gasteiger partial charge in [0.2, 0.25) is 0 Å². The topological polar surface area (TPSA) is 35.2 Å². The number of hydrogen-bond donors (Lipinski definition) is 1. The molecule has 2 rings (SSSR count). The predicted molar refractivity (Wildman–Crippen MR) is 82.8 cm³/mol. The largest absolute Gasteiger partial charge is 0.413 e. The van der Waals surface area contributed by atoms with Gasteiger partial charge >= 0.3 is 0 Å². The predicted octanol–water partition coefficient (Wildman–Crippen LogP) is 2.64. The molecule has 0 fully saturated rings. The molecule has 2 aromatic rings. The zero-order valence-corrected chi connectivity index (χ0v) is 12.6. The fraction of sp³-hybridized carbons (Fsp3) is 0.250. The minimum absolute atomic E-state index is 0.0758. The molecule has 0 aliphatic carbocycles. The summed E-state index contributed by atoms with van der Waals surface area (Å²) in [5.74, 6) is 0. The number of hydrogen-bond acceptors (Lipinski definition) is 2. The maximum absolute atomic E-state index is 6.20.